The maximum Gasteiger partial charge on any atom is 0.0843 e. The third-order valence-electron chi connectivity index (χ3n) is 4.35. The fourth-order valence-corrected chi connectivity index (χ4v) is 3.17. The Hall–Kier alpha value is -0.820. The average Bonchev–Trinajstić information content (AvgIpc) is 2.77. The third-order valence-corrected chi connectivity index (χ3v) is 4.35. The molecule has 1 saturated carbocycles. The Labute approximate surface area is 111 Å². The van der Waals surface area contributed by atoms with Gasteiger partial charge in [0.2, 0.25) is 0 Å². The number of benzene rings is 1. The molecular formula is C17H26O. The van der Waals surface area contributed by atoms with Gasteiger partial charge in [0.1, 0.15) is 0 Å². The van der Waals surface area contributed by atoms with Crippen LogP contribution in [0.25, 0.3) is 0 Å². The lowest BCUT2D eigenvalue weighted by Gasteiger charge is -2.30. The van der Waals surface area contributed by atoms with E-state index in [0.29, 0.717) is 5.92 Å². The van der Waals surface area contributed by atoms with Gasteiger partial charge in [-0.2, -0.15) is 0 Å². The lowest BCUT2D eigenvalue weighted by molar-refractivity contribution is 0.0408. The summed E-state index contributed by atoms with van der Waals surface area (Å²) in [7, 11) is 0. The van der Waals surface area contributed by atoms with Crippen molar-refractivity contribution in [2.24, 2.45) is 11.3 Å². The predicted molar refractivity (Wildman–Crippen MR) is 76.5 cm³/mol. The molecule has 2 rings (SSSR count). The Morgan fingerprint density at radius 2 is 1.67 bits per heavy atom. The lowest BCUT2D eigenvalue weighted by Crippen LogP contribution is -2.21. The van der Waals surface area contributed by atoms with Gasteiger partial charge in [0, 0.05) is 0 Å². The maximum atomic E-state index is 10.6. The highest BCUT2D eigenvalue weighted by Crippen LogP contribution is 2.47. The van der Waals surface area contributed by atoms with Crippen molar-refractivity contribution in [2.75, 3.05) is 0 Å². The Morgan fingerprint density at radius 3 is 2.17 bits per heavy atom. The Bertz CT molecular complexity index is 371. The first-order valence-electron chi connectivity index (χ1n) is 7.28. The van der Waals surface area contributed by atoms with E-state index in [4.69, 9.17) is 0 Å². The molecule has 0 spiro atoms. The molecular weight excluding hydrogens is 220 g/mol. The van der Waals surface area contributed by atoms with Crippen LogP contribution in [0.5, 0.6) is 0 Å². The second-order valence-corrected chi connectivity index (χ2v) is 6.60. The number of hydrogen-bond donors (Lipinski definition) is 1. The minimum Gasteiger partial charge on any atom is -0.388 e. The molecule has 0 saturated heterocycles. The quantitative estimate of drug-likeness (QED) is 0.829. The minimum absolute atomic E-state index is 0.0968. The topological polar surface area (TPSA) is 20.2 Å². The molecule has 18 heavy (non-hydrogen) atoms. The first-order valence-corrected chi connectivity index (χ1v) is 7.28. The van der Waals surface area contributed by atoms with Gasteiger partial charge < -0.3 is 5.11 Å². The van der Waals surface area contributed by atoms with E-state index in [2.05, 4.69) is 45.0 Å². The summed E-state index contributed by atoms with van der Waals surface area (Å²) in [5, 5.41) is 10.6. The summed E-state index contributed by atoms with van der Waals surface area (Å²) in [4.78, 5) is 0. The van der Waals surface area contributed by atoms with E-state index in [1.807, 2.05) is 0 Å². The van der Waals surface area contributed by atoms with Crippen LogP contribution in [-0.2, 0) is 6.42 Å². The summed E-state index contributed by atoms with van der Waals surface area (Å²) >= 11 is 0. The molecule has 1 atom stereocenters. The van der Waals surface area contributed by atoms with Crippen LogP contribution in [0, 0.1) is 11.3 Å². The lowest BCUT2D eigenvalue weighted by atomic mass is 9.79. The van der Waals surface area contributed by atoms with E-state index in [-0.39, 0.29) is 11.5 Å². The SMILES string of the molecule is CC(C)Cc1ccc(C(O)C2(C)CCCC2)cc1. The van der Waals surface area contributed by atoms with Gasteiger partial charge in [-0.05, 0) is 41.7 Å². The van der Waals surface area contributed by atoms with E-state index in [1.54, 1.807) is 0 Å². The number of aliphatic hydroxyl groups is 1. The average molecular weight is 246 g/mol. The second kappa shape index (κ2) is 5.44. The van der Waals surface area contributed by atoms with Gasteiger partial charge in [0.05, 0.1) is 6.10 Å². The van der Waals surface area contributed by atoms with E-state index in [1.165, 1.54) is 18.4 Å². The van der Waals surface area contributed by atoms with Crippen LogP contribution in [0.2, 0.25) is 0 Å². The van der Waals surface area contributed by atoms with Crippen LogP contribution in [0.1, 0.15) is 63.7 Å². The first kappa shape index (κ1) is 13.6. The van der Waals surface area contributed by atoms with Crippen molar-refractivity contribution >= 4 is 0 Å². The van der Waals surface area contributed by atoms with Crippen molar-refractivity contribution in [1.29, 1.82) is 0 Å². The monoisotopic (exact) mass is 246 g/mol. The van der Waals surface area contributed by atoms with Crippen LogP contribution >= 0.6 is 0 Å². The van der Waals surface area contributed by atoms with Gasteiger partial charge in [-0.25, -0.2) is 0 Å². The Kier molecular flexibility index (Phi) is 4.11. The van der Waals surface area contributed by atoms with Gasteiger partial charge in [-0.15, -0.1) is 0 Å². The summed E-state index contributed by atoms with van der Waals surface area (Å²) in [6.45, 7) is 6.71. The van der Waals surface area contributed by atoms with Gasteiger partial charge in [0.25, 0.3) is 0 Å². The van der Waals surface area contributed by atoms with Crippen LogP contribution in [0.4, 0.5) is 0 Å². The summed E-state index contributed by atoms with van der Waals surface area (Å²) in [6.07, 6.45) is 5.66. The van der Waals surface area contributed by atoms with Crippen molar-refractivity contribution in [3.63, 3.8) is 0 Å². The summed E-state index contributed by atoms with van der Waals surface area (Å²) in [5.41, 5.74) is 2.56. The molecule has 1 unspecified atom stereocenters. The molecule has 1 fully saturated rings. The number of aliphatic hydroxyl groups excluding tert-OH is 1. The highest BCUT2D eigenvalue weighted by molar-refractivity contribution is 5.26. The van der Waals surface area contributed by atoms with Crippen LogP contribution in [0.3, 0.4) is 0 Å². The molecule has 1 aromatic carbocycles. The standard InChI is InChI=1S/C17H26O/c1-13(2)12-14-6-8-15(9-7-14)16(18)17(3)10-4-5-11-17/h6-9,13,16,18H,4-5,10-12H2,1-3H3. The molecule has 1 nitrogen and oxygen atoms in total. The molecule has 0 heterocycles. The smallest absolute Gasteiger partial charge is 0.0843 e. The molecule has 1 aromatic rings. The largest absolute Gasteiger partial charge is 0.388 e. The molecule has 0 bridgehead atoms. The first-order chi connectivity index (χ1) is 8.51. The van der Waals surface area contributed by atoms with Gasteiger partial charge in [0.15, 0.2) is 0 Å². The zero-order valence-corrected chi connectivity index (χ0v) is 11.9. The minimum atomic E-state index is -0.298. The Morgan fingerprint density at radius 1 is 1.11 bits per heavy atom. The Balaban J connectivity index is 2.09. The normalized spacial score (nSPS) is 20.3. The molecule has 1 aliphatic carbocycles. The molecule has 1 N–H and O–H groups in total. The van der Waals surface area contributed by atoms with Crippen LogP contribution in [-0.4, -0.2) is 5.11 Å². The van der Waals surface area contributed by atoms with Crippen LogP contribution in [0.15, 0.2) is 24.3 Å². The van der Waals surface area contributed by atoms with Crippen molar-refractivity contribution in [3.8, 4) is 0 Å². The van der Waals surface area contributed by atoms with Crippen molar-refractivity contribution < 1.29 is 5.11 Å². The van der Waals surface area contributed by atoms with Crippen molar-refractivity contribution in [2.45, 2.75) is 59.0 Å². The third kappa shape index (κ3) is 2.95. The summed E-state index contributed by atoms with van der Waals surface area (Å²) in [5.74, 6) is 0.688. The van der Waals surface area contributed by atoms with Gasteiger partial charge in [-0.3, -0.25) is 0 Å². The molecule has 1 heteroatoms. The van der Waals surface area contributed by atoms with Crippen molar-refractivity contribution in [3.05, 3.63) is 35.4 Å². The van der Waals surface area contributed by atoms with Crippen LogP contribution < -0.4 is 0 Å². The van der Waals surface area contributed by atoms with E-state index in [9.17, 15) is 5.11 Å². The molecule has 100 valence electrons. The molecule has 0 amide bonds. The maximum absolute atomic E-state index is 10.6. The molecule has 0 radical (unpaired) electrons. The molecule has 0 aromatic heterocycles. The molecule has 1 aliphatic rings. The molecule has 0 aliphatic heterocycles. The summed E-state index contributed by atoms with van der Waals surface area (Å²) < 4.78 is 0. The van der Waals surface area contributed by atoms with E-state index >= 15 is 0 Å². The number of rotatable bonds is 4. The van der Waals surface area contributed by atoms with Gasteiger partial charge >= 0.3 is 0 Å². The summed E-state index contributed by atoms with van der Waals surface area (Å²) in [6, 6.07) is 8.59. The van der Waals surface area contributed by atoms with E-state index in [0.717, 1.165) is 24.8 Å². The highest BCUT2D eigenvalue weighted by Gasteiger charge is 2.36. The zero-order chi connectivity index (χ0) is 13.2. The van der Waals surface area contributed by atoms with Gasteiger partial charge in [-0.1, -0.05) is 57.9 Å². The van der Waals surface area contributed by atoms with E-state index < -0.39 is 0 Å². The predicted octanol–water partition coefficient (Wildman–Crippen LogP) is 4.50. The fraction of sp³-hybridized carbons (Fsp3) is 0.647. The highest BCUT2D eigenvalue weighted by atomic mass is 16.3. The fourth-order valence-electron chi connectivity index (χ4n) is 3.17. The number of hydrogen-bond acceptors (Lipinski definition) is 1. The zero-order valence-electron chi connectivity index (χ0n) is 11.9. The second-order valence-electron chi connectivity index (χ2n) is 6.60. The van der Waals surface area contributed by atoms with Crippen molar-refractivity contribution in [1.82, 2.24) is 0 Å².